The monoisotopic (exact) mass is 359 g/mol. The highest BCUT2D eigenvalue weighted by Crippen LogP contribution is 2.44. The van der Waals surface area contributed by atoms with Crippen LogP contribution in [0.15, 0.2) is 41.7 Å². The molecule has 0 saturated carbocycles. The minimum absolute atomic E-state index is 0.292. The van der Waals surface area contributed by atoms with Crippen LogP contribution in [0.3, 0.4) is 0 Å². The number of benzene rings is 1. The van der Waals surface area contributed by atoms with E-state index in [0.29, 0.717) is 17.2 Å². The quantitative estimate of drug-likeness (QED) is 0.811. The zero-order valence-corrected chi connectivity index (χ0v) is 15.4. The summed E-state index contributed by atoms with van der Waals surface area (Å²) in [6.45, 7) is 4.22. The van der Waals surface area contributed by atoms with Crippen LogP contribution in [0, 0.1) is 0 Å². The summed E-state index contributed by atoms with van der Waals surface area (Å²) in [5.74, 6) is 0.168. The van der Waals surface area contributed by atoms with Gasteiger partial charge in [0.25, 0.3) is 0 Å². The first-order valence-electron chi connectivity index (χ1n) is 8.51. The Labute approximate surface area is 152 Å². The molecule has 1 aliphatic rings. The Morgan fingerprint density at radius 1 is 1.32 bits per heavy atom. The number of ether oxygens (including phenoxy) is 1. The molecule has 1 atom stereocenters. The predicted octanol–water partition coefficient (Wildman–Crippen LogP) is 4.25. The summed E-state index contributed by atoms with van der Waals surface area (Å²) < 4.78 is 7.11. The van der Waals surface area contributed by atoms with Crippen LogP contribution < -0.4 is 5.32 Å². The molecule has 2 aromatic rings. The average molecular weight is 360 g/mol. The first-order valence-corrected chi connectivity index (χ1v) is 8.89. The highest BCUT2D eigenvalue weighted by atomic mass is 35.5. The van der Waals surface area contributed by atoms with Gasteiger partial charge in [-0.1, -0.05) is 43.1 Å². The van der Waals surface area contributed by atoms with Crippen LogP contribution in [0.1, 0.15) is 43.7 Å². The van der Waals surface area contributed by atoms with Crippen molar-refractivity contribution in [3.63, 3.8) is 0 Å². The lowest BCUT2D eigenvalue weighted by Crippen LogP contribution is -2.25. The number of carbonyl (C=O) groups excluding carboxylic acids is 1. The van der Waals surface area contributed by atoms with Crippen LogP contribution in [-0.4, -0.2) is 22.4 Å². The molecule has 0 bridgehead atoms. The summed E-state index contributed by atoms with van der Waals surface area (Å²) in [5, 5.41) is 8.46. The van der Waals surface area contributed by atoms with Crippen molar-refractivity contribution < 1.29 is 9.53 Å². The molecule has 5 nitrogen and oxygen atoms in total. The molecule has 1 unspecified atom stereocenters. The van der Waals surface area contributed by atoms with Crippen LogP contribution in [0.25, 0.3) is 0 Å². The third-order valence-corrected chi connectivity index (χ3v) is 4.61. The van der Waals surface area contributed by atoms with Gasteiger partial charge in [0.1, 0.15) is 0 Å². The van der Waals surface area contributed by atoms with Crippen molar-refractivity contribution in [3.8, 4) is 0 Å². The van der Waals surface area contributed by atoms with E-state index in [1.807, 2.05) is 44.4 Å². The average Bonchev–Trinajstić information content (AvgIpc) is 2.94. The summed E-state index contributed by atoms with van der Waals surface area (Å²) >= 11 is 6.48. The van der Waals surface area contributed by atoms with Gasteiger partial charge < -0.3 is 10.1 Å². The van der Waals surface area contributed by atoms with Crippen LogP contribution >= 0.6 is 11.6 Å². The fraction of sp³-hybridized carbons (Fsp3) is 0.368. The number of allylic oxidation sites excluding steroid dienone is 1. The molecular weight excluding hydrogens is 338 g/mol. The van der Waals surface area contributed by atoms with Crippen molar-refractivity contribution in [1.29, 1.82) is 0 Å². The molecule has 1 aromatic carbocycles. The molecular formula is C19H22ClN3O2. The predicted molar refractivity (Wildman–Crippen MR) is 98.7 cm³/mol. The molecule has 132 valence electrons. The SMILES string of the molecule is CCCC1=C(C(=O)OCC)C(c2ccccc2Cl)c2cn(C)nc2N1. The van der Waals surface area contributed by atoms with Crippen molar-refractivity contribution in [1.82, 2.24) is 9.78 Å². The molecule has 0 spiro atoms. The number of aromatic nitrogens is 2. The van der Waals surface area contributed by atoms with Crippen LogP contribution in [0.2, 0.25) is 5.02 Å². The number of carbonyl (C=O) groups is 1. The van der Waals surface area contributed by atoms with Crippen molar-refractivity contribution in [2.75, 3.05) is 11.9 Å². The normalized spacial score (nSPS) is 16.4. The van der Waals surface area contributed by atoms with E-state index in [1.165, 1.54) is 0 Å². The molecule has 2 heterocycles. The van der Waals surface area contributed by atoms with E-state index in [-0.39, 0.29) is 11.9 Å². The molecule has 6 heteroatoms. The number of nitrogens with one attached hydrogen (secondary N) is 1. The lowest BCUT2D eigenvalue weighted by Gasteiger charge is -2.28. The van der Waals surface area contributed by atoms with E-state index < -0.39 is 0 Å². The van der Waals surface area contributed by atoms with Gasteiger partial charge in [0.15, 0.2) is 5.82 Å². The lowest BCUT2D eigenvalue weighted by molar-refractivity contribution is -0.138. The van der Waals surface area contributed by atoms with Gasteiger partial charge in [-0.05, 0) is 25.0 Å². The summed E-state index contributed by atoms with van der Waals surface area (Å²) in [6.07, 6.45) is 3.58. The number of aryl methyl sites for hydroxylation is 1. The van der Waals surface area contributed by atoms with Crippen LogP contribution in [-0.2, 0) is 16.6 Å². The molecule has 0 fully saturated rings. The van der Waals surface area contributed by atoms with E-state index in [9.17, 15) is 4.79 Å². The van der Waals surface area contributed by atoms with Gasteiger partial charge in [-0.2, -0.15) is 5.10 Å². The van der Waals surface area contributed by atoms with Gasteiger partial charge in [-0.3, -0.25) is 4.68 Å². The molecule has 1 aliphatic heterocycles. The Morgan fingerprint density at radius 3 is 2.76 bits per heavy atom. The van der Waals surface area contributed by atoms with Crippen LogP contribution in [0.4, 0.5) is 5.82 Å². The Kier molecular flexibility index (Phi) is 5.13. The summed E-state index contributed by atoms with van der Waals surface area (Å²) in [4.78, 5) is 12.8. The van der Waals surface area contributed by atoms with Gasteiger partial charge in [0.2, 0.25) is 0 Å². The maximum absolute atomic E-state index is 12.8. The van der Waals surface area contributed by atoms with Gasteiger partial charge in [0.05, 0.1) is 12.2 Å². The van der Waals surface area contributed by atoms with Crippen molar-refractivity contribution in [2.45, 2.75) is 32.6 Å². The molecule has 0 aliphatic carbocycles. The first kappa shape index (κ1) is 17.5. The summed E-state index contributed by atoms with van der Waals surface area (Å²) in [7, 11) is 1.87. The number of hydrogen-bond donors (Lipinski definition) is 1. The minimum Gasteiger partial charge on any atom is -0.463 e. The fourth-order valence-corrected chi connectivity index (χ4v) is 3.53. The maximum Gasteiger partial charge on any atom is 0.336 e. The van der Waals surface area contributed by atoms with E-state index >= 15 is 0 Å². The fourth-order valence-electron chi connectivity index (χ4n) is 3.28. The molecule has 1 N–H and O–H groups in total. The molecule has 25 heavy (non-hydrogen) atoms. The Bertz CT molecular complexity index is 826. The van der Waals surface area contributed by atoms with E-state index in [1.54, 1.807) is 4.68 Å². The van der Waals surface area contributed by atoms with Crippen molar-refractivity contribution in [2.24, 2.45) is 7.05 Å². The third kappa shape index (κ3) is 3.29. The Morgan fingerprint density at radius 2 is 2.08 bits per heavy atom. The highest BCUT2D eigenvalue weighted by molar-refractivity contribution is 6.31. The number of anilines is 1. The lowest BCUT2D eigenvalue weighted by atomic mass is 9.82. The molecule has 3 rings (SSSR count). The Balaban J connectivity index is 2.23. The number of hydrogen-bond acceptors (Lipinski definition) is 4. The standard InChI is InChI=1S/C19H22ClN3O2/c1-4-8-15-17(19(24)25-5-2)16(12-9-6-7-10-14(12)20)13-11-23(3)22-18(13)21-15/h6-7,9-11,16H,4-5,8H2,1-3H3,(H,21,22). The van der Waals surface area contributed by atoms with Gasteiger partial charge in [0, 0.05) is 35.4 Å². The second-order valence-electron chi connectivity index (χ2n) is 6.05. The third-order valence-electron chi connectivity index (χ3n) is 4.26. The highest BCUT2D eigenvalue weighted by Gasteiger charge is 2.36. The van der Waals surface area contributed by atoms with Crippen molar-refractivity contribution in [3.05, 3.63) is 57.9 Å². The largest absolute Gasteiger partial charge is 0.463 e. The van der Waals surface area contributed by atoms with Gasteiger partial charge in [-0.25, -0.2) is 4.79 Å². The number of nitrogens with zero attached hydrogens (tertiary/aromatic N) is 2. The van der Waals surface area contributed by atoms with Gasteiger partial charge >= 0.3 is 5.97 Å². The number of rotatable bonds is 5. The van der Waals surface area contributed by atoms with E-state index in [2.05, 4.69) is 17.3 Å². The zero-order valence-electron chi connectivity index (χ0n) is 14.7. The maximum atomic E-state index is 12.8. The Hall–Kier alpha value is -2.27. The van der Waals surface area contributed by atoms with E-state index in [4.69, 9.17) is 16.3 Å². The van der Waals surface area contributed by atoms with Crippen LogP contribution in [0.5, 0.6) is 0 Å². The van der Waals surface area contributed by atoms with E-state index in [0.717, 1.165) is 35.5 Å². The molecule has 0 amide bonds. The summed E-state index contributed by atoms with van der Waals surface area (Å²) in [6, 6.07) is 7.62. The second kappa shape index (κ2) is 7.31. The zero-order chi connectivity index (χ0) is 18.0. The number of fused-ring (bicyclic) bond motifs is 1. The first-order chi connectivity index (χ1) is 12.1. The molecule has 0 radical (unpaired) electrons. The molecule has 0 saturated heterocycles. The van der Waals surface area contributed by atoms with Crippen molar-refractivity contribution >= 4 is 23.4 Å². The number of halogens is 1. The second-order valence-corrected chi connectivity index (χ2v) is 6.46. The number of esters is 1. The van der Waals surface area contributed by atoms with Gasteiger partial charge in [-0.15, -0.1) is 0 Å². The summed E-state index contributed by atoms with van der Waals surface area (Å²) in [5.41, 5.74) is 3.30. The minimum atomic E-state index is -0.308. The molecule has 1 aromatic heterocycles. The topological polar surface area (TPSA) is 56.2 Å². The smallest absolute Gasteiger partial charge is 0.336 e.